The van der Waals surface area contributed by atoms with Gasteiger partial charge in [0.25, 0.3) is 5.56 Å². The van der Waals surface area contributed by atoms with Crippen LogP contribution in [-0.4, -0.2) is 53.0 Å². The largest absolute Gasteiger partial charge is 0.485 e. The van der Waals surface area contributed by atoms with Gasteiger partial charge in [0.05, 0.1) is 17.4 Å². The molecular formula is C24H24F3N3O4. The minimum Gasteiger partial charge on any atom is -0.485 e. The summed E-state index contributed by atoms with van der Waals surface area (Å²) in [5.41, 5.74) is -0.374. The molecular weight excluding hydrogens is 451 g/mol. The highest BCUT2D eigenvalue weighted by Crippen LogP contribution is 2.26. The molecule has 1 saturated heterocycles. The smallest absolute Gasteiger partial charge is 0.332 e. The number of carbonyl (C=O) groups is 1. The molecule has 0 radical (unpaired) electrons. The standard InChI is InChI=1S/C24H24F3N3O4/c25-12-20(13-26)34-19-4-5-22-21(11-19)23(32)29(14-16-2-1-3-17(27)10-16)24(33)30(22)18-6-8-28(15-31)9-7-18/h1-5,10-11,15,18,20H,6-9,12-14H2. The summed E-state index contributed by atoms with van der Waals surface area (Å²) in [5.74, 6) is -0.393. The molecule has 3 aromatic rings. The number of piperidine rings is 1. The lowest BCUT2D eigenvalue weighted by molar-refractivity contribution is -0.119. The summed E-state index contributed by atoms with van der Waals surface area (Å²) in [7, 11) is 0. The summed E-state index contributed by atoms with van der Waals surface area (Å²) in [4.78, 5) is 39.6. The van der Waals surface area contributed by atoms with E-state index in [1.807, 2.05) is 0 Å². The first-order valence-electron chi connectivity index (χ1n) is 11.0. The van der Waals surface area contributed by atoms with Gasteiger partial charge in [0.2, 0.25) is 6.41 Å². The number of likely N-dealkylation sites (tertiary alicyclic amines) is 1. The SMILES string of the molecule is O=CN1CCC(n2c(=O)n(Cc3cccc(F)c3)c(=O)c3cc(OC(CF)CF)ccc32)CC1. The van der Waals surface area contributed by atoms with Crippen LogP contribution in [0.2, 0.25) is 0 Å². The van der Waals surface area contributed by atoms with E-state index < -0.39 is 36.5 Å². The third kappa shape index (κ3) is 4.71. The molecule has 4 rings (SSSR count). The van der Waals surface area contributed by atoms with Gasteiger partial charge in [0.1, 0.15) is 24.9 Å². The molecule has 0 saturated carbocycles. The summed E-state index contributed by atoms with van der Waals surface area (Å²) >= 11 is 0. The Morgan fingerprint density at radius 2 is 1.79 bits per heavy atom. The Bertz CT molecular complexity index is 1290. The zero-order valence-electron chi connectivity index (χ0n) is 18.3. The van der Waals surface area contributed by atoms with E-state index in [1.165, 1.54) is 41.0 Å². The molecule has 1 aliphatic heterocycles. The van der Waals surface area contributed by atoms with Gasteiger partial charge in [-0.25, -0.2) is 18.0 Å². The number of amides is 1. The molecule has 1 aromatic heterocycles. The van der Waals surface area contributed by atoms with E-state index >= 15 is 0 Å². The van der Waals surface area contributed by atoms with Crippen molar-refractivity contribution in [1.82, 2.24) is 14.0 Å². The van der Waals surface area contributed by atoms with E-state index in [4.69, 9.17) is 4.74 Å². The molecule has 34 heavy (non-hydrogen) atoms. The van der Waals surface area contributed by atoms with E-state index in [0.29, 0.717) is 37.0 Å². The molecule has 0 atom stereocenters. The second kappa shape index (κ2) is 10.1. The minimum absolute atomic E-state index is 0.100. The molecule has 1 amide bonds. The fourth-order valence-corrected chi connectivity index (χ4v) is 4.29. The third-order valence-corrected chi connectivity index (χ3v) is 6.03. The van der Waals surface area contributed by atoms with Crippen molar-refractivity contribution in [2.75, 3.05) is 26.4 Å². The van der Waals surface area contributed by atoms with Crippen molar-refractivity contribution in [1.29, 1.82) is 0 Å². The summed E-state index contributed by atoms with van der Waals surface area (Å²) in [5, 5.41) is 0.141. The Labute approximate surface area is 193 Å². The van der Waals surface area contributed by atoms with Crippen LogP contribution in [0.4, 0.5) is 13.2 Å². The third-order valence-electron chi connectivity index (χ3n) is 6.03. The average Bonchev–Trinajstić information content (AvgIpc) is 2.86. The highest BCUT2D eigenvalue weighted by molar-refractivity contribution is 5.80. The van der Waals surface area contributed by atoms with E-state index in [0.717, 1.165) is 11.0 Å². The van der Waals surface area contributed by atoms with Crippen LogP contribution in [0.1, 0.15) is 24.4 Å². The number of hydrogen-bond donors (Lipinski definition) is 0. The monoisotopic (exact) mass is 475 g/mol. The van der Waals surface area contributed by atoms with Crippen LogP contribution in [0.25, 0.3) is 10.9 Å². The van der Waals surface area contributed by atoms with Crippen molar-refractivity contribution in [2.45, 2.75) is 31.5 Å². The van der Waals surface area contributed by atoms with Crippen molar-refractivity contribution in [3.63, 3.8) is 0 Å². The van der Waals surface area contributed by atoms with Gasteiger partial charge in [-0.15, -0.1) is 0 Å². The van der Waals surface area contributed by atoms with Crippen molar-refractivity contribution < 1.29 is 22.7 Å². The fourth-order valence-electron chi connectivity index (χ4n) is 4.29. The first-order valence-corrected chi connectivity index (χ1v) is 11.0. The van der Waals surface area contributed by atoms with Crippen molar-refractivity contribution in [3.8, 4) is 5.75 Å². The zero-order chi connectivity index (χ0) is 24.2. The highest BCUT2D eigenvalue weighted by Gasteiger charge is 2.25. The maximum Gasteiger partial charge on any atom is 0.332 e. The van der Waals surface area contributed by atoms with Gasteiger partial charge in [-0.05, 0) is 48.7 Å². The van der Waals surface area contributed by atoms with Gasteiger partial charge in [-0.1, -0.05) is 12.1 Å². The Morgan fingerprint density at radius 1 is 1.06 bits per heavy atom. The first-order chi connectivity index (χ1) is 16.4. The molecule has 10 heteroatoms. The number of alkyl halides is 2. The average molecular weight is 475 g/mol. The quantitative estimate of drug-likeness (QED) is 0.470. The summed E-state index contributed by atoms with van der Waals surface area (Å²) < 4.78 is 47.5. The number of benzene rings is 2. The number of aromatic nitrogens is 2. The van der Waals surface area contributed by atoms with E-state index in [-0.39, 0.29) is 23.7 Å². The maximum atomic E-state index is 13.7. The molecule has 7 nitrogen and oxygen atoms in total. The number of carbonyl (C=O) groups excluding carboxylic acids is 1. The minimum atomic E-state index is -1.30. The van der Waals surface area contributed by atoms with Crippen molar-refractivity contribution >= 4 is 17.3 Å². The number of rotatable bonds is 8. The van der Waals surface area contributed by atoms with Gasteiger partial charge in [0, 0.05) is 19.1 Å². The van der Waals surface area contributed by atoms with Crippen LogP contribution in [0.5, 0.6) is 5.75 Å². The van der Waals surface area contributed by atoms with Gasteiger partial charge in [-0.3, -0.25) is 18.7 Å². The second-order valence-electron chi connectivity index (χ2n) is 8.27. The van der Waals surface area contributed by atoms with Crippen molar-refractivity contribution in [3.05, 3.63) is 74.7 Å². The van der Waals surface area contributed by atoms with Crippen LogP contribution in [0.3, 0.4) is 0 Å². The topological polar surface area (TPSA) is 73.5 Å². The lowest BCUT2D eigenvalue weighted by atomic mass is 10.0. The lowest BCUT2D eigenvalue weighted by Crippen LogP contribution is -2.44. The molecule has 1 aliphatic rings. The van der Waals surface area contributed by atoms with Crippen molar-refractivity contribution in [2.24, 2.45) is 0 Å². The predicted octanol–water partition coefficient (Wildman–Crippen LogP) is 2.83. The highest BCUT2D eigenvalue weighted by atomic mass is 19.1. The molecule has 0 aliphatic carbocycles. The molecule has 2 heterocycles. The van der Waals surface area contributed by atoms with Crippen LogP contribution >= 0.6 is 0 Å². The fraction of sp³-hybridized carbons (Fsp3) is 0.375. The number of halogens is 3. The Balaban J connectivity index is 1.86. The van der Waals surface area contributed by atoms with Crippen LogP contribution in [0.15, 0.2) is 52.1 Å². The first kappa shape index (κ1) is 23.6. The number of ether oxygens (including phenoxy) is 1. The Morgan fingerprint density at radius 3 is 2.44 bits per heavy atom. The molecule has 1 fully saturated rings. The molecule has 180 valence electrons. The summed E-state index contributed by atoms with van der Waals surface area (Å²) in [6.45, 7) is -1.30. The van der Waals surface area contributed by atoms with E-state index in [9.17, 15) is 27.6 Å². The predicted molar refractivity (Wildman–Crippen MR) is 120 cm³/mol. The molecule has 0 spiro atoms. The zero-order valence-corrected chi connectivity index (χ0v) is 18.3. The molecule has 0 unspecified atom stereocenters. The molecule has 0 N–H and O–H groups in total. The number of fused-ring (bicyclic) bond motifs is 1. The maximum absolute atomic E-state index is 13.7. The Hall–Kier alpha value is -3.56. The van der Waals surface area contributed by atoms with Crippen LogP contribution in [-0.2, 0) is 11.3 Å². The van der Waals surface area contributed by atoms with Crippen LogP contribution < -0.4 is 16.0 Å². The summed E-state index contributed by atoms with van der Waals surface area (Å²) in [6.07, 6.45) is 0.481. The van der Waals surface area contributed by atoms with Crippen LogP contribution in [0, 0.1) is 5.82 Å². The normalized spacial score (nSPS) is 14.6. The lowest BCUT2D eigenvalue weighted by Gasteiger charge is -2.31. The van der Waals surface area contributed by atoms with Gasteiger partial charge < -0.3 is 9.64 Å². The number of nitrogens with zero attached hydrogens (tertiary/aromatic N) is 3. The Kier molecular flexibility index (Phi) is 7.04. The number of hydrogen-bond acceptors (Lipinski definition) is 4. The molecule has 0 bridgehead atoms. The van der Waals surface area contributed by atoms with Gasteiger partial charge >= 0.3 is 5.69 Å². The van der Waals surface area contributed by atoms with Gasteiger partial charge in [0.15, 0.2) is 6.10 Å². The van der Waals surface area contributed by atoms with E-state index in [1.54, 1.807) is 11.0 Å². The second-order valence-corrected chi connectivity index (χ2v) is 8.27. The molecule has 2 aromatic carbocycles. The summed E-state index contributed by atoms with van der Waals surface area (Å²) in [6, 6.07) is 9.70. The van der Waals surface area contributed by atoms with Gasteiger partial charge in [-0.2, -0.15) is 0 Å². The van der Waals surface area contributed by atoms with E-state index in [2.05, 4.69) is 0 Å².